The van der Waals surface area contributed by atoms with Crippen LogP contribution in [0.15, 0.2) is 66.7 Å². The predicted octanol–water partition coefficient (Wildman–Crippen LogP) is 5.99. The molecule has 2 N–H and O–H groups in total. The Morgan fingerprint density at radius 3 is 2.56 bits per heavy atom. The monoisotopic (exact) mass is 394 g/mol. The van der Waals surface area contributed by atoms with Gasteiger partial charge in [-0.1, -0.05) is 60.1 Å². The number of halogens is 1. The number of anilines is 2. The third-order valence-corrected chi connectivity index (χ3v) is 5.38. The Kier molecular flexibility index (Phi) is 4.79. The van der Waals surface area contributed by atoms with Crippen molar-refractivity contribution in [2.24, 2.45) is 0 Å². The average molecular weight is 395 g/mol. The molecule has 134 valence electrons. The molecule has 0 spiro atoms. The number of benzene rings is 3. The molecule has 0 amide bonds. The molecule has 6 heteroatoms. The van der Waals surface area contributed by atoms with E-state index in [2.05, 4.69) is 22.4 Å². The number of hydrogen-bond acceptors (Lipinski definition) is 4. The summed E-state index contributed by atoms with van der Waals surface area (Å²) >= 11 is 7.32. The minimum absolute atomic E-state index is 0.0765. The van der Waals surface area contributed by atoms with Gasteiger partial charge in [-0.2, -0.15) is 0 Å². The number of nitrogens with zero attached hydrogens (tertiary/aromatic N) is 1. The van der Waals surface area contributed by atoms with Gasteiger partial charge in [0, 0.05) is 26.5 Å². The number of carbonyl (C=O) groups is 1. The van der Waals surface area contributed by atoms with Gasteiger partial charge in [0.1, 0.15) is 0 Å². The number of aromatic nitrogens is 1. The summed E-state index contributed by atoms with van der Waals surface area (Å²) in [6, 6.07) is 21.4. The van der Waals surface area contributed by atoms with Gasteiger partial charge in [0.2, 0.25) is 0 Å². The lowest BCUT2D eigenvalue weighted by atomic mass is 10.1. The van der Waals surface area contributed by atoms with Gasteiger partial charge in [0.25, 0.3) is 0 Å². The molecular weight excluding hydrogens is 380 g/mol. The van der Waals surface area contributed by atoms with E-state index >= 15 is 0 Å². The van der Waals surface area contributed by atoms with E-state index in [4.69, 9.17) is 11.6 Å². The summed E-state index contributed by atoms with van der Waals surface area (Å²) in [7, 11) is 0. The van der Waals surface area contributed by atoms with Gasteiger partial charge in [0.05, 0.1) is 12.1 Å². The molecule has 0 aliphatic carbocycles. The number of carboxylic acids is 1. The van der Waals surface area contributed by atoms with Crippen molar-refractivity contribution in [3.63, 3.8) is 0 Å². The highest BCUT2D eigenvalue weighted by atomic mass is 35.5. The van der Waals surface area contributed by atoms with E-state index in [0.717, 1.165) is 22.0 Å². The molecule has 0 saturated heterocycles. The molecule has 4 nitrogen and oxygen atoms in total. The highest BCUT2D eigenvalue weighted by Crippen LogP contribution is 2.35. The molecule has 3 aromatic carbocycles. The van der Waals surface area contributed by atoms with Crippen LogP contribution in [0.25, 0.3) is 22.0 Å². The Balaban J connectivity index is 1.75. The van der Waals surface area contributed by atoms with Crippen LogP contribution in [0.3, 0.4) is 0 Å². The van der Waals surface area contributed by atoms with Gasteiger partial charge in [-0.15, -0.1) is 11.3 Å². The lowest BCUT2D eigenvalue weighted by Crippen LogP contribution is -1.99. The van der Waals surface area contributed by atoms with Crippen molar-refractivity contribution in [1.29, 1.82) is 0 Å². The van der Waals surface area contributed by atoms with Gasteiger partial charge in [-0.05, 0) is 23.6 Å². The minimum Gasteiger partial charge on any atom is -0.481 e. The highest BCUT2D eigenvalue weighted by Gasteiger charge is 2.16. The van der Waals surface area contributed by atoms with Crippen LogP contribution in [0, 0.1) is 0 Å². The Hall–Kier alpha value is -2.89. The third kappa shape index (κ3) is 3.79. The molecule has 0 saturated carbocycles. The van der Waals surface area contributed by atoms with Crippen LogP contribution in [-0.2, 0) is 11.2 Å². The van der Waals surface area contributed by atoms with Crippen molar-refractivity contribution < 1.29 is 9.90 Å². The summed E-state index contributed by atoms with van der Waals surface area (Å²) in [5.74, 6) is -0.884. The van der Waals surface area contributed by atoms with E-state index < -0.39 is 5.97 Å². The molecule has 0 bridgehead atoms. The Labute approximate surface area is 165 Å². The van der Waals surface area contributed by atoms with Crippen LogP contribution in [-0.4, -0.2) is 16.1 Å². The maximum Gasteiger partial charge on any atom is 0.308 e. The normalized spacial score (nSPS) is 10.9. The maximum atomic E-state index is 11.3. The lowest BCUT2D eigenvalue weighted by molar-refractivity contribution is -0.136. The molecule has 4 rings (SSSR count). The minimum atomic E-state index is -0.884. The standard InChI is InChI=1S/C21H15ClN2O2S/c22-15-10-8-14(9-11-15)20-18(12-19(25)26)27-21(24-20)23-17-7-3-5-13-4-1-2-6-16(13)17/h1-11H,12H2,(H,23,24)(H,25,26). The largest absolute Gasteiger partial charge is 0.481 e. The van der Waals surface area contributed by atoms with Crippen LogP contribution in [0.4, 0.5) is 10.8 Å². The fraction of sp³-hybridized carbons (Fsp3) is 0.0476. The quantitative estimate of drug-likeness (QED) is 0.436. The van der Waals surface area contributed by atoms with E-state index in [-0.39, 0.29) is 6.42 Å². The highest BCUT2D eigenvalue weighted by molar-refractivity contribution is 7.16. The lowest BCUT2D eigenvalue weighted by Gasteiger charge is -2.06. The molecule has 4 aromatic rings. The number of aliphatic carboxylic acids is 1. The van der Waals surface area contributed by atoms with E-state index in [1.165, 1.54) is 11.3 Å². The molecule has 0 aliphatic heterocycles. The smallest absolute Gasteiger partial charge is 0.308 e. The van der Waals surface area contributed by atoms with E-state index in [1.807, 2.05) is 42.5 Å². The van der Waals surface area contributed by atoms with Gasteiger partial charge in [0.15, 0.2) is 5.13 Å². The van der Waals surface area contributed by atoms with Crippen molar-refractivity contribution in [2.75, 3.05) is 5.32 Å². The van der Waals surface area contributed by atoms with Crippen molar-refractivity contribution in [2.45, 2.75) is 6.42 Å². The first-order valence-corrected chi connectivity index (χ1v) is 9.52. The average Bonchev–Trinajstić information content (AvgIpc) is 3.04. The zero-order chi connectivity index (χ0) is 18.8. The van der Waals surface area contributed by atoms with Gasteiger partial charge in [-0.25, -0.2) is 4.98 Å². The zero-order valence-electron chi connectivity index (χ0n) is 14.1. The summed E-state index contributed by atoms with van der Waals surface area (Å²) in [5, 5.41) is 16.1. The topological polar surface area (TPSA) is 62.2 Å². The molecular formula is C21H15ClN2O2S. The van der Waals surface area contributed by atoms with E-state index in [1.54, 1.807) is 12.1 Å². The third-order valence-electron chi connectivity index (χ3n) is 4.16. The SMILES string of the molecule is O=C(O)Cc1sc(Nc2cccc3ccccc23)nc1-c1ccc(Cl)cc1. The van der Waals surface area contributed by atoms with Crippen molar-refractivity contribution in [1.82, 2.24) is 4.98 Å². The number of carboxylic acid groups (broad SMARTS) is 1. The summed E-state index contributed by atoms with van der Waals surface area (Å²) in [4.78, 5) is 16.7. The summed E-state index contributed by atoms with van der Waals surface area (Å²) in [6.45, 7) is 0. The van der Waals surface area contributed by atoms with Gasteiger partial charge >= 0.3 is 5.97 Å². The molecule has 0 radical (unpaired) electrons. The number of hydrogen-bond donors (Lipinski definition) is 2. The number of thiazole rings is 1. The predicted molar refractivity (Wildman–Crippen MR) is 111 cm³/mol. The molecule has 0 fully saturated rings. The van der Waals surface area contributed by atoms with Crippen molar-refractivity contribution in [3.05, 3.63) is 76.6 Å². The number of fused-ring (bicyclic) bond motifs is 1. The Bertz CT molecular complexity index is 1120. The summed E-state index contributed by atoms with van der Waals surface area (Å²) < 4.78 is 0. The first-order chi connectivity index (χ1) is 13.1. The van der Waals surface area contributed by atoms with E-state index in [0.29, 0.717) is 20.7 Å². The van der Waals surface area contributed by atoms with Gasteiger partial charge < -0.3 is 10.4 Å². The second-order valence-electron chi connectivity index (χ2n) is 6.02. The fourth-order valence-electron chi connectivity index (χ4n) is 2.95. The van der Waals surface area contributed by atoms with Crippen LogP contribution in [0.2, 0.25) is 5.02 Å². The second-order valence-corrected chi connectivity index (χ2v) is 7.54. The summed E-state index contributed by atoms with van der Waals surface area (Å²) in [6.07, 6.45) is -0.0765. The second kappa shape index (κ2) is 7.39. The zero-order valence-corrected chi connectivity index (χ0v) is 15.7. The first-order valence-electron chi connectivity index (χ1n) is 8.32. The summed E-state index contributed by atoms with van der Waals surface area (Å²) in [5.41, 5.74) is 2.45. The Morgan fingerprint density at radius 1 is 1.04 bits per heavy atom. The fourth-order valence-corrected chi connectivity index (χ4v) is 4.06. The molecule has 27 heavy (non-hydrogen) atoms. The van der Waals surface area contributed by atoms with E-state index in [9.17, 15) is 9.90 Å². The molecule has 0 atom stereocenters. The maximum absolute atomic E-state index is 11.3. The van der Waals surface area contributed by atoms with Crippen LogP contribution in [0.5, 0.6) is 0 Å². The first kappa shape index (κ1) is 17.5. The molecule has 1 aromatic heterocycles. The number of rotatable bonds is 5. The Morgan fingerprint density at radius 2 is 1.78 bits per heavy atom. The van der Waals surface area contributed by atoms with Crippen molar-refractivity contribution >= 4 is 50.5 Å². The molecule has 0 unspecified atom stereocenters. The van der Waals surface area contributed by atoms with Gasteiger partial charge in [-0.3, -0.25) is 4.79 Å². The molecule has 0 aliphatic rings. The van der Waals surface area contributed by atoms with Crippen LogP contribution in [0.1, 0.15) is 4.88 Å². The van der Waals surface area contributed by atoms with Crippen LogP contribution < -0.4 is 5.32 Å². The van der Waals surface area contributed by atoms with Crippen LogP contribution >= 0.6 is 22.9 Å². The van der Waals surface area contributed by atoms with Crippen molar-refractivity contribution in [3.8, 4) is 11.3 Å². The number of nitrogens with one attached hydrogen (secondary N) is 1. The molecule has 1 heterocycles.